The van der Waals surface area contributed by atoms with Crippen molar-refractivity contribution in [2.75, 3.05) is 0 Å². The van der Waals surface area contributed by atoms with Gasteiger partial charge in [0.1, 0.15) is 10.7 Å². The summed E-state index contributed by atoms with van der Waals surface area (Å²) >= 11 is 3.16. The van der Waals surface area contributed by atoms with Gasteiger partial charge in [0.25, 0.3) is 0 Å². The Morgan fingerprint density at radius 1 is 1.33 bits per heavy atom. The van der Waals surface area contributed by atoms with E-state index >= 15 is 0 Å². The van der Waals surface area contributed by atoms with Crippen LogP contribution in [0, 0.1) is 17.7 Å². The number of rotatable bonds is 4. The molecule has 0 saturated heterocycles. The van der Waals surface area contributed by atoms with Gasteiger partial charge in [-0.1, -0.05) is 22.4 Å². The highest BCUT2D eigenvalue weighted by Gasteiger charge is 2.41. The lowest BCUT2D eigenvalue weighted by Gasteiger charge is -2.23. The highest BCUT2D eigenvalue weighted by Crippen LogP contribution is 2.45. The van der Waals surface area contributed by atoms with E-state index in [0.29, 0.717) is 16.3 Å². The van der Waals surface area contributed by atoms with E-state index in [9.17, 15) is 12.8 Å². The molecule has 2 saturated carbocycles. The van der Waals surface area contributed by atoms with Crippen molar-refractivity contribution in [2.45, 2.75) is 43.2 Å². The van der Waals surface area contributed by atoms with Gasteiger partial charge in [-0.3, -0.25) is 0 Å². The van der Waals surface area contributed by atoms with Crippen molar-refractivity contribution in [3.63, 3.8) is 0 Å². The van der Waals surface area contributed by atoms with Crippen LogP contribution in [-0.4, -0.2) is 19.6 Å². The van der Waals surface area contributed by atoms with Crippen LogP contribution in [0.25, 0.3) is 0 Å². The Bertz CT molecular complexity index is 664. The first kappa shape index (κ1) is 15.4. The Balaban J connectivity index is 1.90. The molecule has 21 heavy (non-hydrogen) atoms. The molecular weight excluding hydrogens is 361 g/mol. The quantitative estimate of drug-likeness (QED) is 0.846. The van der Waals surface area contributed by atoms with Gasteiger partial charge >= 0.3 is 0 Å². The van der Waals surface area contributed by atoms with Crippen molar-refractivity contribution in [3.8, 4) is 0 Å². The van der Waals surface area contributed by atoms with E-state index in [2.05, 4.69) is 20.7 Å². The summed E-state index contributed by atoms with van der Waals surface area (Å²) in [6, 6.07) is 2.53. The van der Waals surface area contributed by atoms with Crippen molar-refractivity contribution in [2.24, 2.45) is 11.8 Å². The maximum Gasteiger partial charge on any atom is 0.243 e. The Morgan fingerprint density at radius 2 is 2.10 bits per heavy atom. The molecule has 0 aromatic heterocycles. The third-order valence-electron chi connectivity index (χ3n) is 4.58. The average Bonchev–Trinajstić information content (AvgIpc) is 3.02. The highest BCUT2D eigenvalue weighted by molar-refractivity contribution is 9.10. The largest absolute Gasteiger partial charge is 0.392 e. The standard InChI is InChI=1S/C14H17BrFNO3S/c15-11-5-10(7-18)14(16)13(6-11)21(19,20)17-12-4-8-1-2-9(12)3-8/h5-6,8-9,12,17-18H,1-4,7H2. The van der Waals surface area contributed by atoms with Gasteiger partial charge in [-0.25, -0.2) is 17.5 Å². The molecule has 1 aromatic carbocycles. The van der Waals surface area contributed by atoms with Gasteiger partial charge < -0.3 is 5.11 Å². The lowest BCUT2D eigenvalue weighted by atomic mass is 9.96. The van der Waals surface area contributed by atoms with E-state index in [1.807, 2.05) is 0 Å². The SMILES string of the molecule is O=S(=O)(NC1CC2CCC1C2)c1cc(Br)cc(CO)c1F. The van der Waals surface area contributed by atoms with Gasteiger partial charge in [0.05, 0.1) is 6.61 Å². The Hall–Kier alpha value is -0.500. The normalized spacial score (nSPS) is 28.2. The summed E-state index contributed by atoms with van der Waals surface area (Å²) in [4.78, 5) is -0.399. The Kier molecular flexibility index (Phi) is 4.11. The van der Waals surface area contributed by atoms with Gasteiger partial charge in [0.2, 0.25) is 10.0 Å². The van der Waals surface area contributed by atoms with Gasteiger partial charge in [0.15, 0.2) is 0 Å². The molecule has 0 spiro atoms. The van der Waals surface area contributed by atoms with Gasteiger partial charge in [0, 0.05) is 16.1 Å². The average molecular weight is 378 g/mol. The minimum atomic E-state index is -3.92. The molecule has 0 aliphatic heterocycles. The van der Waals surface area contributed by atoms with Crippen LogP contribution in [0.1, 0.15) is 31.2 Å². The highest BCUT2D eigenvalue weighted by atomic mass is 79.9. The van der Waals surface area contributed by atoms with Crippen LogP contribution >= 0.6 is 15.9 Å². The van der Waals surface area contributed by atoms with Crippen molar-refractivity contribution in [1.82, 2.24) is 4.72 Å². The van der Waals surface area contributed by atoms with Crippen LogP contribution in [0.15, 0.2) is 21.5 Å². The molecule has 7 heteroatoms. The fourth-order valence-electron chi connectivity index (χ4n) is 3.58. The van der Waals surface area contributed by atoms with Gasteiger partial charge in [-0.05, 0) is 43.2 Å². The summed E-state index contributed by atoms with van der Waals surface area (Å²) in [5.41, 5.74) is -0.0299. The van der Waals surface area contributed by atoms with Crippen molar-refractivity contribution >= 4 is 26.0 Å². The second-order valence-electron chi connectivity index (χ2n) is 5.94. The number of aliphatic hydroxyl groups is 1. The van der Waals surface area contributed by atoms with Crippen LogP contribution < -0.4 is 4.72 Å². The first-order valence-corrected chi connectivity index (χ1v) is 9.29. The summed E-state index contributed by atoms with van der Waals surface area (Å²) in [6.07, 6.45) is 4.12. The maximum absolute atomic E-state index is 14.2. The van der Waals surface area contributed by atoms with E-state index in [1.54, 1.807) is 0 Å². The minimum Gasteiger partial charge on any atom is -0.392 e. The van der Waals surface area contributed by atoms with Crippen LogP contribution in [0.2, 0.25) is 0 Å². The van der Waals surface area contributed by atoms with E-state index in [4.69, 9.17) is 5.11 Å². The summed E-state index contributed by atoms with van der Waals surface area (Å²) in [6.45, 7) is -0.540. The molecule has 4 nitrogen and oxygen atoms in total. The minimum absolute atomic E-state index is 0.0299. The fraction of sp³-hybridized carbons (Fsp3) is 0.571. The third kappa shape index (κ3) is 2.88. The predicted octanol–water partition coefficient (Wildman–Crippen LogP) is 2.55. The molecule has 2 N–H and O–H groups in total. The maximum atomic E-state index is 14.2. The number of sulfonamides is 1. The zero-order chi connectivity index (χ0) is 15.2. The van der Waals surface area contributed by atoms with Crippen LogP contribution in [0.4, 0.5) is 4.39 Å². The van der Waals surface area contributed by atoms with Gasteiger partial charge in [-0.15, -0.1) is 0 Å². The number of aliphatic hydroxyl groups excluding tert-OH is 1. The molecule has 2 aliphatic rings. The number of hydrogen-bond donors (Lipinski definition) is 2. The second-order valence-corrected chi connectivity index (χ2v) is 8.54. The summed E-state index contributed by atoms with van der Waals surface area (Å²) in [5, 5.41) is 9.13. The Morgan fingerprint density at radius 3 is 2.67 bits per heavy atom. The van der Waals surface area contributed by atoms with E-state index in [0.717, 1.165) is 19.3 Å². The van der Waals surface area contributed by atoms with Crippen LogP contribution in [-0.2, 0) is 16.6 Å². The molecular formula is C14H17BrFNO3S. The smallest absolute Gasteiger partial charge is 0.243 e. The molecule has 1 aromatic rings. The van der Waals surface area contributed by atoms with Crippen molar-refractivity contribution < 1.29 is 17.9 Å². The van der Waals surface area contributed by atoms with Gasteiger partial charge in [-0.2, -0.15) is 0 Å². The number of benzene rings is 1. The summed E-state index contributed by atoms with van der Waals surface area (Å²) in [7, 11) is -3.92. The molecule has 0 heterocycles. The predicted molar refractivity (Wildman–Crippen MR) is 79.6 cm³/mol. The number of fused-ring (bicyclic) bond motifs is 2. The fourth-order valence-corrected chi connectivity index (χ4v) is 5.70. The number of hydrogen-bond acceptors (Lipinski definition) is 3. The zero-order valence-corrected chi connectivity index (χ0v) is 13.8. The van der Waals surface area contributed by atoms with E-state index in [-0.39, 0.29) is 11.6 Å². The summed E-state index contributed by atoms with van der Waals surface area (Å²) in [5.74, 6) is 0.0942. The lowest BCUT2D eigenvalue weighted by Crippen LogP contribution is -2.38. The summed E-state index contributed by atoms with van der Waals surface area (Å²) < 4.78 is 42.2. The third-order valence-corrected chi connectivity index (χ3v) is 6.53. The molecule has 2 aliphatic carbocycles. The lowest BCUT2D eigenvalue weighted by molar-refractivity contribution is 0.274. The topological polar surface area (TPSA) is 66.4 Å². The number of nitrogens with one attached hydrogen (secondary N) is 1. The Labute approximate surface area is 131 Å². The molecule has 0 amide bonds. The molecule has 116 valence electrons. The first-order valence-electron chi connectivity index (χ1n) is 7.02. The molecule has 3 rings (SSSR count). The molecule has 2 fully saturated rings. The zero-order valence-electron chi connectivity index (χ0n) is 11.4. The molecule has 0 radical (unpaired) electrons. The molecule has 3 atom stereocenters. The van der Waals surface area contributed by atoms with Crippen LogP contribution in [0.3, 0.4) is 0 Å². The molecule has 3 unspecified atom stereocenters. The van der Waals surface area contributed by atoms with E-state index in [1.165, 1.54) is 18.6 Å². The number of halogens is 2. The second kappa shape index (κ2) is 5.61. The monoisotopic (exact) mass is 377 g/mol. The van der Waals surface area contributed by atoms with Crippen LogP contribution in [0.5, 0.6) is 0 Å². The van der Waals surface area contributed by atoms with E-state index < -0.39 is 27.3 Å². The molecule has 2 bridgehead atoms. The first-order chi connectivity index (χ1) is 9.90. The van der Waals surface area contributed by atoms with Crippen molar-refractivity contribution in [3.05, 3.63) is 28.0 Å². The van der Waals surface area contributed by atoms with Crippen molar-refractivity contribution in [1.29, 1.82) is 0 Å².